The summed E-state index contributed by atoms with van der Waals surface area (Å²) in [4.78, 5) is 29.1. The Kier molecular flexibility index (Phi) is 4.22. The van der Waals surface area contributed by atoms with Gasteiger partial charge in [0.2, 0.25) is 5.91 Å². The van der Waals surface area contributed by atoms with Gasteiger partial charge in [0, 0.05) is 29.3 Å². The molecule has 0 unspecified atom stereocenters. The Balaban J connectivity index is 1.81. The van der Waals surface area contributed by atoms with Crippen LogP contribution >= 0.6 is 22.7 Å². The first-order valence-corrected chi connectivity index (χ1v) is 7.14. The minimum atomic E-state index is -0.174. The molecule has 0 saturated heterocycles. The SMILES string of the molecule is Cc1ccc(C(=O)CCC(=O)Nc2nccs2)s1. The average Bonchev–Trinajstić information content (AvgIpc) is 2.97. The highest BCUT2D eigenvalue weighted by Gasteiger charge is 2.11. The molecule has 0 aliphatic heterocycles. The zero-order chi connectivity index (χ0) is 13.0. The molecule has 18 heavy (non-hydrogen) atoms. The van der Waals surface area contributed by atoms with E-state index in [1.54, 1.807) is 17.6 Å². The highest BCUT2D eigenvalue weighted by Crippen LogP contribution is 2.18. The van der Waals surface area contributed by atoms with Crippen LogP contribution < -0.4 is 5.32 Å². The predicted molar refractivity (Wildman–Crippen MR) is 73.4 cm³/mol. The van der Waals surface area contributed by atoms with Crippen molar-refractivity contribution < 1.29 is 9.59 Å². The lowest BCUT2D eigenvalue weighted by atomic mass is 10.2. The summed E-state index contributed by atoms with van der Waals surface area (Å²) >= 11 is 2.82. The van der Waals surface area contributed by atoms with Crippen LogP contribution in [0.25, 0.3) is 0 Å². The summed E-state index contributed by atoms with van der Waals surface area (Å²) in [6, 6.07) is 3.72. The second kappa shape index (κ2) is 5.88. The number of rotatable bonds is 5. The molecule has 4 nitrogen and oxygen atoms in total. The van der Waals surface area contributed by atoms with E-state index in [1.165, 1.54) is 22.7 Å². The van der Waals surface area contributed by atoms with E-state index in [2.05, 4.69) is 10.3 Å². The molecule has 1 N–H and O–H groups in total. The number of hydrogen-bond donors (Lipinski definition) is 1. The van der Waals surface area contributed by atoms with Crippen LogP contribution in [0.4, 0.5) is 5.13 Å². The number of thiophene rings is 1. The Labute approximate surface area is 113 Å². The molecule has 0 aliphatic rings. The van der Waals surface area contributed by atoms with Crippen LogP contribution in [0.5, 0.6) is 0 Å². The fourth-order valence-corrected chi connectivity index (χ4v) is 2.78. The zero-order valence-corrected chi connectivity index (χ0v) is 11.4. The van der Waals surface area contributed by atoms with Crippen molar-refractivity contribution in [1.82, 2.24) is 4.98 Å². The van der Waals surface area contributed by atoms with Gasteiger partial charge in [-0.1, -0.05) is 0 Å². The normalized spacial score (nSPS) is 10.3. The third kappa shape index (κ3) is 3.48. The van der Waals surface area contributed by atoms with Gasteiger partial charge in [-0.25, -0.2) is 4.98 Å². The van der Waals surface area contributed by atoms with E-state index in [0.717, 1.165) is 9.75 Å². The first-order chi connectivity index (χ1) is 8.65. The standard InChI is InChI=1S/C12H12N2O2S2/c1-8-2-4-10(18-8)9(15)3-5-11(16)14-12-13-6-7-17-12/h2,4,6-7H,3,5H2,1H3,(H,13,14,16). The van der Waals surface area contributed by atoms with E-state index < -0.39 is 0 Å². The molecular weight excluding hydrogens is 268 g/mol. The summed E-state index contributed by atoms with van der Waals surface area (Å²) < 4.78 is 0. The van der Waals surface area contributed by atoms with Gasteiger partial charge >= 0.3 is 0 Å². The van der Waals surface area contributed by atoms with Crippen molar-refractivity contribution in [2.75, 3.05) is 5.32 Å². The van der Waals surface area contributed by atoms with Gasteiger partial charge in [0.15, 0.2) is 10.9 Å². The predicted octanol–water partition coefficient (Wildman–Crippen LogP) is 3.11. The number of amides is 1. The molecule has 2 rings (SSSR count). The van der Waals surface area contributed by atoms with Crippen molar-refractivity contribution in [3.8, 4) is 0 Å². The summed E-state index contributed by atoms with van der Waals surface area (Å²) in [5, 5.41) is 5.01. The molecule has 2 heterocycles. The second-order valence-corrected chi connectivity index (χ2v) is 5.90. The van der Waals surface area contributed by atoms with Gasteiger partial charge in [0.25, 0.3) is 0 Å². The Morgan fingerprint density at radius 1 is 1.33 bits per heavy atom. The number of carbonyl (C=O) groups is 2. The minimum absolute atomic E-state index is 0.0161. The van der Waals surface area contributed by atoms with E-state index in [1.807, 2.05) is 13.0 Å². The summed E-state index contributed by atoms with van der Waals surface area (Å²) in [6.45, 7) is 1.95. The second-order valence-electron chi connectivity index (χ2n) is 3.72. The van der Waals surface area contributed by atoms with Crippen LogP contribution in [0.1, 0.15) is 27.4 Å². The molecular formula is C12H12N2O2S2. The number of carbonyl (C=O) groups excluding carboxylic acids is 2. The van der Waals surface area contributed by atoms with E-state index in [9.17, 15) is 9.59 Å². The third-order valence-corrected chi connectivity index (χ3v) is 4.00. The largest absolute Gasteiger partial charge is 0.302 e. The number of aromatic nitrogens is 1. The maximum atomic E-state index is 11.8. The molecule has 0 aromatic carbocycles. The number of Topliss-reactive ketones (excluding diaryl/α,β-unsaturated/α-hetero) is 1. The van der Waals surface area contributed by atoms with E-state index in [4.69, 9.17) is 0 Å². The third-order valence-electron chi connectivity index (χ3n) is 2.27. The lowest BCUT2D eigenvalue weighted by Crippen LogP contribution is -2.12. The Hall–Kier alpha value is -1.53. The van der Waals surface area contributed by atoms with E-state index in [-0.39, 0.29) is 24.5 Å². The van der Waals surface area contributed by atoms with Gasteiger partial charge in [-0.05, 0) is 19.1 Å². The summed E-state index contributed by atoms with van der Waals surface area (Å²) in [5.41, 5.74) is 0. The maximum Gasteiger partial charge on any atom is 0.226 e. The van der Waals surface area contributed by atoms with Crippen molar-refractivity contribution in [2.24, 2.45) is 0 Å². The molecule has 6 heteroatoms. The molecule has 94 valence electrons. The highest BCUT2D eigenvalue weighted by molar-refractivity contribution is 7.14. The molecule has 0 atom stereocenters. The number of ketones is 1. The van der Waals surface area contributed by atoms with Crippen LogP contribution in [0.2, 0.25) is 0 Å². The minimum Gasteiger partial charge on any atom is -0.302 e. The number of hydrogen-bond acceptors (Lipinski definition) is 5. The van der Waals surface area contributed by atoms with Crippen molar-refractivity contribution >= 4 is 39.5 Å². The van der Waals surface area contributed by atoms with Crippen LogP contribution in [0.15, 0.2) is 23.7 Å². The molecule has 2 aromatic rings. The summed E-state index contributed by atoms with van der Waals surface area (Å²) in [7, 11) is 0. The number of nitrogens with zero attached hydrogens (tertiary/aromatic N) is 1. The Morgan fingerprint density at radius 3 is 2.78 bits per heavy atom. The van der Waals surface area contributed by atoms with Gasteiger partial charge in [-0.15, -0.1) is 22.7 Å². The first kappa shape index (κ1) is 12.9. The van der Waals surface area contributed by atoms with Gasteiger partial charge < -0.3 is 5.32 Å². The van der Waals surface area contributed by atoms with Gasteiger partial charge in [0.1, 0.15) is 0 Å². The lowest BCUT2D eigenvalue weighted by molar-refractivity contribution is -0.116. The zero-order valence-electron chi connectivity index (χ0n) is 9.80. The van der Waals surface area contributed by atoms with Crippen molar-refractivity contribution in [2.45, 2.75) is 19.8 Å². The number of nitrogens with one attached hydrogen (secondary N) is 1. The van der Waals surface area contributed by atoms with Crippen molar-refractivity contribution in [3.63, 3.8) is 0 Å². The van der Waals surface area contributed by atoms with E-state index in [0.29, 0.717) is 5.13 Å². The highest BCUT2D eigenvalue weighted by atomic mass is 32.1. The van der Waals surface area contributed by atoms with Crippen molar-refractivity contribution in [1.29, 1.82) is 0 Å². The maximum absolute atomic E-state index is 11.8. The van der Waals surface area contributed by atoms with Crippen molar-refractivity contribution in [3.05, 3.63) is 33.5 Å². The molecule has 0 spiro atoms. The van der Waals surface area contributed by atoms with Gasteiger partial charge in [-0.3, -0.25) is 9.59 Å². The molecule has 0 bridgehead atoms. The average molecular weight is 280 g/mol. The first-order valence-electron chi connectivity index (χ1n) is 5.44. The Bertz CT molecular complexity index is 546. The monoisotopic (exact) mass is 280 g/mol. The lowest BCUT2D eigenvalue weighted by Gasteiger charge is -2.00. The number of anilines is 1. The molecule has 0 saturated carbocycles. The fraction of sp³-hybridized carbons (Fsp3) is 0.250. The van der Waals surface area contributed by atoms with Gasteiger partial charge in [-0.2, -0.15) is 0 Å². The fourth-order valence-electron chi connectivity index (χ4n) is 1.40. The smallest absolute Gasteiger partial charge is 0.226 e. The molecule has 2 aromatic heterocycles. The molecule has 0 fully saturated rings. The number of aryl methyl sites for hydroxylation is 1. The quantitative estimate of drug-likeness (QED) is 0.856. The number of thiazole rings is 1. The van der Waals surface area contributed by atoms with E-state index >= 15 is 0 Å². The van der Waals surface area contributed by atoms with Gasteiger partial charge in [0.05, 0.1) is 4.88 Å². The topological polar surface area (TPSA) is 59.1 Å². The van der Waals surface area contributed by atoms with Crippen LogP contribution in [-0.4, -0.2) is 16.7 Å². The van der Waals surface area contributed by atoms with Crippen LogP contribution in [0.3, 0.4) is 0 Å². The molecule has 0 radical (unpaired) electrons. The summed E-state index contributed by atoms with van der Waals surface area (Å²) in [5.74, 6) is -0.158. The summed E-state index contributed by atoms with van der Waals surface area (Å²) in [6.07, 6.45) is 2.05. The molecule has 0 aliphatic carbocycles. The van der Waals surface area contributed by atoms with Crippen LogP contribution in [-0.2, 0) is 4.79 Å². The van der Waals surface area contributed by atoms with Crippen LogP contribution in [0, 0.1) is 6.92 Å². The molecule has 1 amide bonds. The Morgan fingerprint density at radius 2 is 2.17 bits per heavy atom.